The SMILES string of the molecule is CC[C@H](C(=O)O)[C@@]1(O)C[C@@H]2C=C[C@H]1C2. The van der Waals surface area contributed by atoms with Gasteiger partial charge in [-0.3, -0.25) is 4.79 Å². The zero-order valence-corrected chi connectivity index (χ0v) is 8.31. The maximum Gasteiger partial charge on any atom is 0.309 e. The van der Waals surface area contributed by atoms with E-state index in [1.54, 1.807) is 0 Å². The first-order chi connectivity index (χ1) is 6.58. The van der Waals surface area contributed by atoms with Gasteiger partial charge in [0.25, 0.3) is 0 Å². The lowest BCUT2D eigenvalue weighted by molar-refractivity contribution is -0.154. The van der Waals surface area contributed by atoms with Gasteiger partial charge in [-0.25, -0.2) is 0 Å². The summed E-state index contributed by atoms with van der Waals surface area (Å²) < 4.78 is 0. The number of rotatable bonds is 3. The molecule has 2 aliphatic carbocycles. The number of hydrogen-bond donors (Lipinski definition) is 2. The summed E-state index contributed by atoms with van der Waals surface area (Å²) in [5.41, 5.74) is -0.986. The summed E-state index contributed by atoms with van der Waals surface area (Å²) >= 11 is 0. The van der Waals surface area contributed by atoms with Crippen molar-refractivity contribution in [3.05, 3.63) is 12.2 Å². The average molecular weight is 196 g/mol. The van der Waals surface area contributed by atoms with Crippen LogP contribution in [0.25, 0.3) is 0 Å². The lowest BCUT2D eigenvalue weighted by atomic mass is 9.76. The smallest absolute Gasteiger partial charge is 0.309 e. The molecule has 0 heterocycles. The van der Waals surface area contributed by atoms with Crippen LogP contribution in [0.5, 0.6) is 0 Å². The highest BCUT2D eigenvalue weighted by Gasteiger charge is 2.53. The van der Waals surface area contributed by atoms with E-state index in [9.17, 15) is 9.90 Å². The van der Waals surface area contributed by atoms with Crippen LogP contribution in [0, 0.1) is 17.8 Å². The summed E-state index contributed by atoms with van der Waals surface area (Å²) in [7, 11) is 0. The van der Waals surface area contributed by atoms with Crippen molar-refractivity contribution < 1.29 is 15.0 Å². The van der Waals surface area contributed by atoms with Crippen LogP contribution in [0.15, 0.2) is 12.2 Å². The van der Waals surface area contributed by atoms with Crippen molar-refractivity contribution in [2.45, 2.75) is 31.8 Å². The predicted molar refractivity (Wildman–Crippen MR) is 51.7 cm³/mol. The molecular weight excluding hydrogens is 180 g/mol. The number of carbonyl (C=O) groups is 1. The van der Waals surface area contributed by atoms with Gasteiger partial charge in [0.2, 0.25) is 0 Å². The van der Waals surface area contributed by atoms with Crippen molar-refractivity contribution in [2.24, 2.45) is 17.8 Å². The molecule has 2 rings (SSSR count). The molecular formula is C11H16O3. The van der Waals surface area contributed by atoms with Crippen LogP contribution in [0.3, 0.4) is 0 Å². The van der Waals surface area contributed by atoms with Gasteiger partial charge in [0.15, 0.2) is 0 Å². The Balaban J connectivity index is 2.24. The standard InChI is InChI=1S/C11H16O3/c1-2-9(10(12)13)11(14)6-7-3-4-8(11)5-7/h3-4,7-9,14H,2,5-6H2,1H3,(H,12,13)/t7-,8+,9-,11-/m1/s1. The number of fused-ring (bicyclic) bond motifs is 2. The Morgan fingerprint density at radius 2 is 2.36 bits per heavy atom. The van der Waals surface area contributed by atoms with Crippen LogP contribution in [0.4, 0.5) is 0 Å². The first kappa shape index (κ1) is 9.71. The fourth-order valence-electron chi connectivity index (χ4n) is 3.01. The van der Waals surface area contributed by atoms with Crippen LogP contribution in [-0.2, 0) is 4.79 Å². The minimum Gasteiger partial charge on any atom is -0.481 e. The molecule has 3 nitrogen and oxygen atoms in total. The second-order valence-electron chi connectivity index (χ2n) is 4.48. The van der Waals surface area contributed by atoms with E-state index in [0.717, 1.165) is 6.42 Å². The summed E-state index contributed by atoms with van der Waals surface area (Å²) in [5, 5.41) is 19.4. The van der Waals surface area contributed by atoms with Crippen LogP contribution in [-0.4, -0.2) is 21.8 Å². The van der Waals surface area contributed by atoms with Crippen molar-refractivity contribution in [1.29, 1.82) is 0 Å². The van der Waals surface area contributed by atoms with E-state index in [1.165, 1.54) is 0 Å². The molecule has 0 spiro atoms. The third-order valence-electron chi connectivity index (χ3n) is 3.71. The first-order valence-corrected chi connectivity index (χ1v) is 5.21. The molecule has 0 amide bonds. The zero-order valence-electron chi connectivity index (χ0n) is 8.31. The average Bonchev–Trinajstić information content (AvgIpc) is 2.63. The molecule has 0 unspecified atom stereocenters. The number of carboxylic acids is 1. The molecule has 1 fully saturated rings. The number of aliphatic carboxylic acids is 1. The van der Waals surface area contributed by atoms with E-state index in [-0.39, 0.29) is 5.92 Å². The van der Waals surface area contributed by atoms with E-state index < -0.39 is 17.5 Å². The van der Waals surface area contributed by atoms with Gasteiger partial charge in [0, 0.05) is 5.92 Å². The zero-order chi connectivity index (χ0) is 10.3. The third-order valence-corrected chi connectivity index (χ3v) is 3.71. The Morgan fingerprint density at radius 3 is 2.71 bits per heavy atom. The Bertz CT molecular complexity index is 284. The van der Waals surface area contributed by atoms with Gasteiger partial charge in [0.1, 0.15) is 0 Å². The van der Waals surface area contributed by atoms with Crippen LogP contribution in [0.1, 0.15) is 26.2 Å². The van der Waals surface area contributed by atoms with Crippen LogP contribution in [0.2, 0.25) is 0 Å². The topological polar surface area (TPSA) is 57.5 Å². The number of carboxylic acid groups (broad SMARTS) is 1. The molecule has 2 aliphatic rings. The highest BCUT2D eigenvalue weighted by Crippen LogP contribution is 2.50. The van der Waals surface area contributed by atoms with Crippen molar-refractivity contribution >= 4 is 5.97 Å². The van der Waals surface area contributed by atoms with E-state index in [0.29, 0.717) is 18.8 Å². The van der Waals surface area contributed by atoms with Gasteiger partial charge in [-0.15, -0.1) is 0 Å². The Labute approximate surface area is 83.4 Å². The minimum atomic E-state index is -0.986. The molecule has 0 aromatic heterocycles. The molecule has 1 saturated carbocycles. The van der Waals surface area contributed by atoms with E-state index in [4.69, 9.17) is 5.11 Å². The Hall–Kier alpha value is -0.830. The van der Waals surface area contributed by atoms with E-state index in [2.05, 4.69) is 6.08 Å². The summed E-state index contributed by atoms with van der Waals surface area (Å²) in [6.07, 6.45) is 6.15. The summed E-state index contributed by atoms with van der Waals surface area (Å²) in [6.45, 7) is 1.83. The number of hydrogen-bond acceptors (Lipinski definition) is 2. The molecule has 2 N–H and O–H groups in total. The first-order valence-electron chi connectivity index (χ1n) is 5.21. The van der Waals surface area contributed by atoms with Gasteiger partial charge in [-0.2, -0.15) is 0 Å². The molecule has 4 atom stereocenters. The molecule has 2 bridgehead atoms. The fourth-order valence-corrected chi connectivity index (χ4v) is 3.01. The molecule has 0 saturated heterocycles. The summed E-state index contributed by atoms with van der Waals surface area (Å²) in [6, 6.07) is 0. The molecule has 0 radical (unpaired) electrons. The maximum absolute atomic E-state index is 11.0. The summed E-state index contributed by atoms with van der Waals surface area (Å²) in [5.74, 6) is -1.01. The van der Waals surface area contributed by atoms with Crippen LogP contribution >= 0.6 is 0 Å². The van der Waals surface area contributed by atoms with Gasteiger partial charge in [-0.1, -0.05) is 19.1 Å². The minimum absolute atomic E-state index is 0.0635. The van der Waals surface area contributed by atoms with Gasteiger partial charge in [0.05, 0.1) is 11.5 Å². The maximum atomic E-state index is 11.0. The lowest BCUT2D eigenvalue weighted by Gasteiger charge is -2.34. The Kier molecular flexibility index (Phi) is 2.14. The molecule has 3 heteroatoms. The van der Waals surface area contributed by atoms with E-state index in [1.807, 2.05) is 13.0 Å². The lowest BCUT2D eigenvalue weighted by Crippen LogP contribution is -2.45. The normalized spacial score (nSPS) is 41.6. The number of aliphatic hydroxyl groups is 1. The van der Waals surface area contributed by atoms with Gasteiger partial charge in [-0.05, 0) is 25.2 Å². The Morgan fingerprint density at radius 1 is 1.64 bits per heavy atom. The second-order valence-corrected chi connectivity index (χ2v) is 4.48. The molecule has 14 heavy (non-hydrogen) atoms. The monoisotopic (exact) mass is 196 g/mol. The van der Waals surface area contributed by atoms with E-state index >= 15 is 0 Å². The quantitative estimate of drug-likeness (QED) is 0.671. The van der Waals surface area contributed by atoms with Crippen molar-refractivity contribution in [3.8, 4) is 0 Å². The van der Waals surface area contributed by atoms with Crippen molar-refractivity contribution in [2.75, 3.05) is 0 Å². The second kappa shape index (κ2) is 3.09. The fraction of sp³-hybridized carbons (Fsp3) is 0.727. The highest BCUT2D eigenvalue weighted by molar-refractivity contribution is 5.72. The largest absolute Gasteiger partial charge is 0.481 e. The van der Waals surface area contributed by atoms with Gasteiger partial charge >= 0.3 is 5.97 Å². The van der Waals surface area contributed by atoms with Crippen LogP contribution < -0.4 is 0 Å². The molecule has 0 aliphatic heterocycles. The number of allylic oxidation sites excluding steroid dienone is 1. The predicted octanol–water partition coefficient (Wildman–Crippen LogP) is 1.42. The van der Waals surface area contributed by atoms with Crippen molar-refractivity contribution in [1.82, 2.24) is 0 Å². The summed E-state index contributed by atoms with van der Waals surface area (Å²) in [4.78, 5) is 11.0. The van der Waals surface area contributed by atoms with Gasteiger partial charge < -0.3 is 10.2 Å². The van der Waals surface area contributed by atoms with Crippen molar-refractivity contribution in [3.63, 3.8) is 0 Å². The highest BCUT2D eigenvalue weighted by atomic mass is 16.4. The molecule has 0 aromatic carbocycles. The molecule has 78 valence electrons. The third kappa shape index (κ3) is 1.19. The molecule has 0 aromatic rings.